The Balaban J connectivity index is 1.84. The molecule has 0 aromatic heterocycles. The molecule has 0 unspecified atom stereocenters. The summed E-state index contributed by atoms with van der Waals surface area (Å²) in [5.41, 5.74) is 1.81. The molecule has 0 radical (unpaired) electrons. The van der Waals surface area contributed by atoms with Crippen molar-refractivity contribution in [2.45, 2.75) is 25.9 Å². The number of anilines is 1. The third-order valence-electron chi connectivity index (χ3n) is 3.49. The number of hydrogen-bond acceptors (Lipinski definition) is 3. The predicted molar refractivity (Wildman–Crippen MR) is 78.9 cm³/mol. The van der Waals surface area contributed by atoms with Crippen LogP contribution >= 0.6 is 11.6 Å². The van der Waals surface area contributed by atoms with Crippen molar-refractivity contribution in [1.29, 1.82) is 0 Å². The van der Waals surface area contributed by atoms with Crippen molar-refractivity contribution in [1.82, 2.24) is 0 Å². The summed E-state index contributed by atoms with van der Waals surface area (Å²) < 4.78 is 5.63. The first-order valence-corrected chi connectivity index (χ1v) is 7.22. The summed E-state index contributed by atoms with van der Waals surface area (Å²) in [6, 6.07) is 5.68. The van der Waals surface area contributed by atoms with Crippen LogP contribution in [0.3, 0.4) is 0 Å². The standard InChI is InChI=1S/C15H22ClNO2/c1-11(18)13-5-6-15(14(16)9-13)17(2)7-8-19-10-12-3-4-12/h5-6,9,11-12,18H,3-4,7-8,10H2,1-2H3/t11-/m1/s1. The Labute approximate surface area is 120 Å². The molecule has 0 heterocycles. The Kier molecular flexibility index (Phi) is 5.08. The van der Waals surface area contributed by atoms with Crippen LogP contribution in [0.25, 0.3) is 0 Å². The van der Waals surface area contributed by atoms with E-state index in [-0.39, 0.29) is 0 Å². The summed E-state index contributed by atoms with van der Waals surface area (Å²) in [4.78, 5) is 2.08. The average molecular weight is 284 g/mol. The third-order valence-corrected chi connectivity index (χ3v) is 3.79. The maximum absolute atomic E-state index is 9.52. The van der Waals surface area contributed by atoms with Gasteiger partial charge >= 0.3 is 0 Å². The molecule has 0 aliphatic heterocycles. The normalized spacial score (nSPS) is 16.4. The Bertz CT molecular complexity index is 419. The van der Waals surface area contributed by atoms with Gasteiger partial charge in [-0.3, -0.25) is 0 Å². The summed E-state index contributed by atoms with van der Waals surface area (Å²) in [5, 5.41) is 10.2. The molecule has 0 amide bonds. The average Bonchev–Trinajstić information content (AvgIpc) is 3.18. The topological polar surface area (TPSA) is 32.7 Å². The molecule has 1 atom stereocenters. The van der Waals surface area contributed by atoms with Crippen LogP contribution in [0, 0.1) is 5.92 Å². The Morgan fingerprint density at radius 3 is 2.79 bits per heavy atom. The van der Waals surface area contributed by atoms with E-state index in [4.69, 9.17) is 16.3 Å². The molecule has 1 aromatic rings. The molecule has 2 rings (SSSR count). The van der Waals surface area contributed by atoms with Crippen LogP contribution in [-0.4, -0.2) is 31.9 Å². The van der Waals surface area contributed by atoms with Crippen molar-refractivity contribution in [2.75, 3.05) is 31.7 Å². The number of benzene rings is 1. The van der Waals surface area contributed by atoms with Gasteiger partial charge in [-0.05, 0) is 43.4 Å². The van der Waals surface area contributed by atoms with Crippen LogP contribution in [0.4, 0.5) is 5.69 Å². The second-order valence-corrected chi connectivity index (χ2v) is 5.73. The summed E-state index contributed by atoms with van der Waals surface area (Å²) in [6.45, 7) is 4.17. The molecule has 0 saturated heterocycles. The predicted octanol–water partition coefficient (Wildman–Crippen LogP) is 3.26. The second kappa shape index (κ2) is 6.60. The van der Waals surface area contributed by atoms with Gasteiger partial charge in [-0.25, -0.2) is 0 Å². The lowest BCUT2D eigenvalue weighted by atomic mass is 10.1. The lowest BCUT2D eigenvalue weighted by molar-refractivity contribution is 0.131. The van der Waals surface area contributed by atoms with Crippen LogP contribution in [0.2, 0.25) is 5.02 Å². The lowest BCUT2D eigenvalue weighted by Gasteiger charge is -2.21. The maximum Gasteiger partial charge on any atom is 0.0762 e. The molecule has 106 valence electrons. The number of nitrogens with zero attached hydrogens (tertiary/aromatic N) is 1. The van der Waals surface area contributed by atoms with E-state index >= 15 is 0 Å². The van der Waals surface area contributed by atoms with Gasteiger partial charge in [-0.2, -0.15) is 0 Å². The first-order valence-electron chi connectivity index (χ1n) is 6.84. The van der Waals surface area contributed by atoms with Crippen LogP contribution in [0.15, 0.2) is 18.2 Å². The number of hydrogen-bond donors (Lipinski definition) is 1. The van der Waals surface area contributed by atoms with E-state index in [1.165, 1.54) is 12.8 Å². The van der Waals surface area contributed by atoms with Crippen molar-refractivity contribution in [3.05, 3.63) is 28.8 Å². The number of ether oxygens (including phenoxy) is 1. The summed E-state index contributed by atoms with van der Waals surface area (Å²) in [6.07, 6.45) is 2.16. The van der Waals surface area contributed by atoms with E-state index in [0.29, 0.717) is 5.02 Å². The van der Waals surface area contributed by atoms with Gasteiger partial charge in [-0.1, -0.05) is 17.7 Å². The van der Waals surface area contributed by atoms with Crippen molar-refractivity contribution in [2.24, 2.45) is 5.92 Å². The molecular formula is C15H22ClNO2. The monoisotopic (exact) mass is 283 g/mol. The number of halogens is 1. The largest absolute Gasteiger partial charge is 0.389 e. The number of aliphatic hydroxyl groups is 1. The van der Waals surface area contributed by atoms with Crippen molar-refractivity contribution in [3.63, 3.8) is 0 Å². The molecule has 1 N–H and O–H groups in total. The SMILES string of the molecule is C[C@@H](O)c1ccc(N(C)CCOCC2CC2)c(Cl)c1. The van der Waals surface area contributed by atoms with Crippen LogP contribution in [0.1, 0.15) is 31.4 Å². The third kappa shape index (κ3) is 4.37. The van der Waals surface area contributed by atoms with Crippen molar-refractivity contribution < 1.29 is 9.84 Å². The van der Waals surface area contributed by atoms with Gasteiger partial charge in [0.15, 0.2) is 0 Å². The summed E-state index contributed by atoms with van der Waals surface area (Å²) in [7, 11) is 2.00. The molecule has 1 aromatic carbocycles. The minimum atomic E-state index is -0.487. The number of aliphatic hydroxyl groups excluding tert-OH is 1. The highest BCUT2D eigenvalue weighted by atomic mass is 35.5. The van der Waals surface area contributed by atoms with E-state index < -0.39 is 6.10 Å². The molecule has 3 nitrogen and oxygen atoms in total. The lowest BCUT2D eigenvalue weighted by Crippen LogP contribution is -2.23. The Morgan fingerprint density at radius 2 is 2.21 bits per heavy atom. The first-order chi connectivity index (χ1) is 9.08. The zero-order valence-electron chi connectivity index (χ0n) is 11.6. The zero-order valence-corrected chi connectivity index (χ0v) is 12.4. The second-order valence-electron chi connectivity index (χ2n) is 5.33. The smallest absolute Gasteiger partial charge is 0.0762 e. The fourth-order valence-electron chi connectivity index (χ4n) is 1.95. The van der Waals surface area contributed by atoms with Crippen LogP contribution < -0.4 is 4.90 Å². The van der Waals surface area contributed by atoms with E-state index in [2.05, 4.69) is 4.90 Å². The minimum Gasteiger partial charge on any atom is -0.389 e. The highest BCUT2D eigenvalue weighted by Crippen LogP contribution is 2.29. The molecule has 1 aliphatic rings. The van der Waals surface area contributed by atoms with Crippen LogP contribution in [0.5, 0.6) is 0 Å². The summed E-state index contributed by atoms with van der Waals surface area (Å²) in [5.74, 6) is 0.805. The van der Waals surface area contributed by atoms with Gasteiger partial charge in [-0.15, -0.1) is 0 Å². The highest BCUT2D eigenvalue weighted by molar-refractivity contribution is 6.33. The van der Waals surface area contributed by atoms with Gasteiger partial charge in [0.1, 0.15) is 0 Å². The molecule has 19 heavy (non-hydrogen) atoms. The van der Waals surface area contributed by atoms with E-state index in [0.717, 1.165) is 36.9 Å². The van der Waals surface area contributed by atoms with Crippen molar-refractivity contribution >= 4 is 17.3 Å². The molecule has 1 fully saturated rings. The van der Waals surface area contributed by atoms with Gasteiger partial charge in [0.05, 0.1) is 23.4 Å². The number of likely N-dealkylation sites (N-methyl/N-ethyl adjacent to an activating group) is 1. The maximum atomic E-state index is 9.52. The van der Waals surface area contributed by atoms with Gasteiger partial charge in [0, 0.05) is 20.2 Å². The van der Waals surface area contributed by atoms with Gasteiger partial charge in [0.25, 0.3) is 0 Å². The minimum absolute atomic E-state index is 0.487. The first kappa shape index (κ1) is 14.6. The van der Waals surface area contributed by atoms with Crippen molar-refractivity contribution in [3.8, 4) is 0 Å². The van der Waals surface area contributed by atoms with Crippen LogP contribution in [-0.2, 0) is 4.74 Å². The van der Waals surface area contributed by atoms with Gasteiger partial charge < -0.3 is 14.7 Å². The molecular weight excluding hydrogens is 262 g/mol. The number of rotatable bonds is 7. The quantitative estimate of drug-likeness (QED) is 0.780. The Hall–Kier alpha value is -0.770. The molecule has 4 heteroatoms. The molecule has 1 saturated carbocycles. The zero-order chi connectivity index (χ0) is 13.8. The highest BCUT2D eigenvalue weighted by Gasteiger charge is 2.21. The molecule has 0 spiro atoms. The summed E-state index contributed by atoms with van der Waals surface area (Å²) >= 11 is 6.25. The molecule has 0 bridgehead atoms. The van der Waals surface area contributed by atoms with E-state index in [1.54, 1.807) is 6.92 Å². The fraction of sp³-hybridized carbons (Fsp3) is 0.600. The van der Waals surface area contributed by atoms with Gasteiger partial charge in [0.2, 0.25) is 0 Å². The molecule has 1 aliphatic carbocycles. The van der Waals surface area contributed by atoms with E-state index in [9.17, 15) is 5.11 Å². The van der Waals surface area contributed by atoms with E-state index in [1.807, 2.05) is 25.2 Å². The Morgan fingerprint density at radius 1 is 1.47 bits per heavy atom. The fourth-order valence-corrected chi connectivity index (χ4v) is 2.28.